The fourth-order valence-corrected chi connectivity index (χ4v) is 4.46. The Balaban J connectivity index is 2.05. The lowest BCUT2D eigenvalue weighted by Crippen LogP contribution is -2.35. The van der Waals surface area contributed by atoms with Gasteiger partial charge in [-0.2, -0.15) is 22.6 Å². The number of halogens is 3. The number of hydrogen-bond donors (Lipinski definition) is 0. The number of fused-ring (bicyclic) bond motifs is 1. The molecule has 0 saturated carbocycles. The lowest BCUT2D eigenvalue weighted by molar-refractivity contribution is -0.143. The molecule has 2 heterocycles. The van der Waals surface area contributed by atoms with Crippen molar-refractivity contribution in [3.63, 3.8) is 0 Å². The second-order valence-electron chi connectivity index (χ2n) is 5.90. The molecule has 0 saturated heterocycles. The van der Waals surface area contributed by atoms with Crippen LogP contribution in [0.25, 0.3) is 0 Å². The summed E-state index contributed by atoms with van der Waals surface area (Å²) in [6.07, 6.45) is -3.94. The van der Waals surface area contributed by atoms with Gasteiger partial charge >= 0.3 is 6.18 Å². The number of aryl methyl sites for hydroxylation is 1. The highest BCUT2D eigenvalue weighted by Gasteiger charge is 2.43. The largest absolute Gasteiger partial charge is 0.436 e. The molecule has 0 amide bonds. The number of likely N-dealkylation sites (N-methyl/N-ethyl adjacent to an activating group) is 1. The van der Waals surface area contributed by atoms with E-state index in [0.717, 1.165) is 26.4 Å². The van der Waals surface area contributed by atoms with E-state index >= 15 is 0 Å². The molecule has 0 radical (unpaired) electrons. The number of anilines is 1. The number of hydrogen-bond acceptors (Lipinski definition) is 4. The van der Waals surface area contributed by atoms with E-state index < -0.39 is 26.8 Å². The van der Waals surface area contributed by atoms with Crippen molar-refractivity contribution in [2.24, 2.45) is 7.05 Å². The molecule has 6 nitrogen and oxygen atoms in total. The first kappa shape index (κ1) is 17.7. The average molecular weight is 374 g/mol. The smallest absolute Gasteiger partial charge is 0.373 e. The number of para-hydroxylation sites is 1. The van der Waals surface area contributed by atoms with Crippen LogP contribution in [-0.2, 0) is 29.8 Å². The molecule has 0 fully saturated rings. The number of sulfonamides is 1. The number of benzene rings is 1. The van der Waals surface area contributed by atoms with Crippen LogP contribution in [0, 0.1) is 0 Å². The first-order chi connectivity index (χ1) is 11.6. The highest BCUT2D eigenvalue weighted by Crippen LogP contribution is 2.35. The van der Waals surface area contributed by atoms with Gasteiger partial charge in [0.2, 0.25) is 10.0 Å². The van der Waals surface area contributed by atoms with Crippen LogP contribution in [0.1, 0.15) is 11.3 Å². The Bertz CT molecular complexity index is 892. The van der Waals surface area contributed by atoms with E-state index in [4.69, 9.17) is 0 Å². The summed E-state index contributed by atoms with van der Waals surface area (Å²) < 4.78 is 67.2. The minimum absolute atomic E-state index is 0.00897. The van der Waals surface area contributed by atoms with Gasteiger partial charge in [0.1, 0.15) is 4.90 Å². The fraction of sp³-hybridized carbons (Fsp3) is 0.400. The Kier molecular flexibility index (Phi) is 4.28. The van der Waals surface area contributed by atoms with Gasteiger partial charge in [0, 0.05) is 45.6 Å². The summed E-state index contributed by atoms with van der Waals surface area (Å²) in [6, 6.07) is 7.24. The molecule has 0 atom stereocenters. The second kappa shape index (κ2) is 6.03. The van der Waals surface area contributed by atoms with Crippen LogP contribution in [0.3, 0.4) is 0 Å². The minimum Gasteiger partial charge on any atom is -0.373 e. The monoisotopic (exact) mass is 374 g/mol. The minimum atomic E-state index is -4.84. The summed E-state index contributed by atoms with van der Waals surface area (Å²) in [6.45, 7) is 0.465. The van der Waals surface area contributed by atoms with E-state index in [0.29, 0.717) is 6.54 Å². The van der Waals surface area contributed by atoms with Gasteiger partial charge < -0.3 is 4.90 Å². The van der Waals surface area contributed by atoms with Crippen LogP contribution in [0.5, 0.6) is 0 Å². The summed E-state index contributed by atoms with van der Waals surface area (Å²) >= 11 is 0. The van der Waals surface area contributed by atoms with Crippen molar-refractivity contribution in [3.8, 4) is 0 Å². The Morgan fingerprint density at radius 2 is 1.80 bits per heavy atom. The molecule has 1 aliphatic rings. The van der Waals surface area contributed by atoms with Crippen molar-refractivity contribution in [1.82, 2.24) is 14.1 Å². The highest BCUT2D eigenvalue weighted by molar-refractivity contribution is 7.89. The van der Waals surface area contributed by atoms with Crippen molar-refractivity contribution in [3.05, 3.63) is 41.7 Å². The number of nitrogens with zero attached hydrogens (tertiary/aromatic N) is 4. The predicted molar refractivity (Wildman–Crippen MR) is 85.5 cm³/mol. The van der Waals surface area contributed by atoms with E-state index in [9.17, 15) is 21.6 Å². The summed E-state index contributed by atoms with van der Waals surface area (Å²) in [7, 11) is -1.26. The second-order valence-corrected chi connectivity index (χ2v) is 7.81. The molecule has 10 heteroatoms. The molecule has 0 aliphatic carbocycles. The third kappa shape index (κ3) is 3.23. The molecule has 0 bridgehead atoms. The molecule has 1 aromatic heterocycles. The van der Waals surface area contributed by atoms with E-state index in [1.807, 2.05) is 24.1 Å². The topological polar surface area (TPSA) is 58.4 Å². The van der Waals surface area contributed by atoms with Crippen LogP contribution in [0.2, 0.25) is 0 Å². The fourth-order valence-electron chi connectivity index (χ4n) is 2.86. The van der Waals surface area contributed by atoms with E-state index in [1.54, 1.807) is 12.1 Å². The summed E-state index contributed by atoms with van der Waals surface area (Å²) in [4.78, 5) is 1.07. The molecule has 136 valence electrons. The molecule has 0 spiro atoms. The maximum absolute atomic E-state index is 13.2. The van der Waals surface area contributed by atoms with Gasteiger partial charge in [0.05, 0.1) is 0 Å². The van der Waals surface area contributed by atoms with E-state index in [-0.39, 0.29) is 13.1 Å². The van der Waals surface area contributed by atoms with Crippen LogP contribution < -0.4 is 4.90 Å². The normalized spacial score (nSPS) is 16.6. The zero-order chi connectivity index (χ0) is 18.4. The van der Waals surface area contributed by atoms with E-state index in [2.05, 4.69) is 5.10 Å². The van der Waals surface area contributed by atoms with Crippen LogP contribution >= 0.6 is 0 Å². The van der Waals surface area contributed by atoms with Crippen molar-refractivity contribution >= 4 is 15.7 Å². The number of alkyl halides is 3. The van der Waals surface area contributed by atoms with Gasteiger partial charge in [-0.1, -0.05) is 18.2 Å². The Morgan fingerprint density at radius 1 is 1.12 bits per heavy atom. The quantitative estimate of drug-likeness (QED) is 0.808. The van der Waals surface area contributed by atoms with Gasteiger partial charge in [-0.25, -0.2) is 8.42 Å². The first-order valence-electron chi connectivity index (χ1n) is 7.51. The van der Waals surface area contributed by atoms with Crippen LogP contribution in [-0.4, -0.2) is 42.6 Å². The van der Waals surface area contributed by atoms with Crippen LogP contribution in [0.4, 0.5) is 18.9 Å². The summed E-state index contributed by atoms with van der Waals surface area (Å²) in [5.74, 6) is 0. The third-order valence-electron chi connectivity index (χ3n) is 4.12. The molecular formula is C15H17F3N4O2S. The van der Waals surface area contributed by atoms with Crippen molar-refractivity contribution in [2.75, 3.05) is 25.0 Å². The van der Waals surface area contributed by atoms with E-state index in [1.165, 1.54) is 7.05 Å². The Labute approximate surface area is 143 Å². The molecule has 1 aliphatic heterocycles. The molecule has 3 rings (SSSR count). The van der Waals surface area contributed by atoms with Crippen molar-refractivity contribution in [2.45, 2.75) is 17.6 Å². The first-order valence-corrected chi connectivity index (χ1v) is 8.95. The Morgan fingerprint density at radius 3 is 2.48 bits per heavy atom. The van der Waals surface area contributed by atoms with Gasteiger partial charge in [-0.3, -0.25) is 4.68 Å². The molecule has 25 heavy (non-hydrogen) atoms. The summed E-state index contributed by atoms with van der Waals surface area (Å²) in [5.41, 5.74) is 0.215. The number of rotatable bonds is 2. The average Bonchev–Trinajstić information content (AvgIpc) is 2.86. The van der Waals surface area contributed by atoms with Gasteiger partial charge in [0.15, 0.2) is 5.69 Å². The zero-order valence-electron chi connectivity index (χ0n) is 13.7. The van der Waals surface area contributed by atoms with Gasteiger partial charge in [-0.05, 0) is 11.6 Å². The number of aromatic nitrogens is 2. The van der Waals surface area contributed by atoms with Crippen LogP contribution in [0.15, 0.2) is 35.4 Å². The SMILES string of the molecule is CN1CCN(S(=O)(=O)c2cn(C)nc2C(F)(F)F)Cc2ccccc21. The maximum Gasteiger partial charge on any atom is 0.436 e. The summed E-state index contributed by atoms with van der Waals surface area (Å²) in [5, 5.41) is 3.30. The molecule has 1 aromatic carbocycles. The third-order valence-corrected chi connectivity index (χ3v) is 5.96. The molecule has 2 aromatic rings. The maximum atomic E-state index is 13.2. The Hall–Kier alpha value is -2.07. The molecule has 0 N–H and O–H groups in total. The van der Waals surface area contributed by atoms with Gasteiger partial charge in [-0.15, -0.1) is 0 Å². The van der Waals surface area contributed by atoms with Crippen molar-refractivity contribution < 1.29 is 21.6 Å². The van der Waals surface area contributed by atoms with Crippen molar-refractivity contribution in [1.29, 1.82) is 0 Å². The lowest BCUT2D eigenvalue weighted by atomic mass is 10.1. The zero-order valence-corrected chi connectivity index (χ0v) is 14.5. The molecular weight excluding hydrogens is 357 g/mol. The molecule has 0 unspecified atom stereocenters. The lowest BCUT2D eigenvalue weighted by Gasteiger charge is -2.20. The standard InChI is InChI=1S/C15H17F3N4O2S/c1-20-7-8-22(9-11-5-3-4-6-12(11)20)25(23,24)13-10-21(2)19-14(13)15(16,17)18/h3-6,10H,7-9H2,1-2H3. The highest BCUT2D eigenvalue weighted by atomic mass is 32.2. The predicted octanol–water partition coefficient (Wildman–Crippen LogP) is 2.08. The van der Waals surface area contributed by atoms with Gasteiger partial charge in [0.25, 0.3) is 0 Å².